The molecule has 0 spiro atoms. The first-order valence-corrected chi connectivity index (χ1v) is 9.95. The summed E-state index contributed by atoms with van der Waals surface area (Å²) in [5, 5.41) is 19.1. The van der Waals surface area contributed by atoms with Gasteiger partial charge in [-0.1, -0.05) is 29.5 Å². The summed E-state index contributed by atoms with van der Waals surface area (Å²) < 4.78 is 7.53. The minimum atomic E-state index is -0.665. The number of rotatable bonds is 8. The number of hydrogen-bond acceptors (Lipinski definition) is 6. The van der Waals surface area contributed by atoms with Gasteiger partial charge in [-0.2, -0.15) is 0 Å². The summed E-state index contributed by atoms with van der Waals surface area (Å²) in [5.41, 5.74) is 4.00. The van der Waals surface area contributed by atoms with Crippen molar-refractivity contribution in [2.24, 2.45) is 0 Å². The molecule has 146 valence electrons. The van der Waals surface area contributed by atoms with Gasteiger partial charge in [-0.25, -0.2) is 0 Å². The number of ketones is 1. The summed E-state index contributed by atoms with van der Waals surface area (Å²) in [4.78, 5) is 11.3. The lowest BCUT2D eigenvalue weighted by Gasteiger charge is -2.13. The van der Waals surface area contributed by atoms with E-state index in [2.05, 4.69) is 36.2 Å². The van der Waals surface area contributed by atoms with Crippen molar-refractivity contribution in [3.8, 4) is 11.4 Å². The number of hydrogen-bond donors (Lipinski definition) is 1. The molecule has 1 unspecified atom stereocenters. The van der Waals surface area contributed by atoms with E-state index in [1.807, 2.05) is 10.6 Å². The molecule has 0 saturated heterocycles. The Kier molecular flexibility index (Phi) is 6.49. The first kappa shape index (κ1) is 20.1. The maximum atomic E-state index is 11.3. The normalized spacial score (nSPS) is 12.0. The van der Waals surface area contributed by atoms with Crippen LogP contribution >= 0.6 is 11.8 Å². The Labute approximate surface area is 168 Å². The van der Waals surface area contributed by atoms with E-state index in [0.29, 0.717) is 17.1 Å². The minimum absolute atomic E-state index is 0.0101. The number of carbonyl (C=O) groups is 1. The largest absolute Gasteiger partial charge is 0.491 e. The Hall–Kier alpha value is -2.64. The molecule has 1 heterocycles. The number of aromatic nitrogens is 3. The average molecular weight is 398 g/mol. The van der Waals surface area contributed by atoms with Crippen molar-refractivity contribution in [3.63, 3.8) is 0 Å². The molecule has 2 aromatic carbocycles. The number of carbonyl (C=O) groups excluding carboxylic acids is 1. The molecule has 0 bridgehead atoms. The Morgan fingerprint density at radius 2 is 1.96 bits per heavy atom. The maximum absolute atomic E-state index is 11.3. The number of nitrogens with zero attached hydrogens (tertiary/aromatic N) is 3. The van der Waals surface area contributed by atoms with Gasteiger partial charge in [-0.3, -0.25) is 9.36 Å². The third-order valence-electron chi connectivity index (χ3n) is 4.24. The van der Waals surface area contributed by atoms with E-state index in [-0.39, 0.29) is 12.4 Å². The number of benzene rings is 2. The second-order valence-electron chi connectivity index (χ2n) is 6.63. The van der Waals surface area contributed by atoms with E-state index < -0.39 is 6.10 Å². The molecule has 0 radical (unpaired) electrons. The van der Waals surface area contributed by atoms with Crippen LogP contribution in [0.1, 0.15) is 28.4 Å². The number of ether oxygens (including phenoxy) is 1. The molecule has 7 heteroatoms. The zero-order valence-electron chi connectivity index (χ0n) is 16.1. The lowest BCUT2D eigenvalue weighted by molar-refractivity contribution is 0.101. The summed E-state index contributed by atoms with van der Waals surface area (Å²) in [6, 6.07) is 13.1. The van der Waals surface area contributed by atoms with Crippen molar-refractivity contribution in [2.75, 3.05) is 12.4 Å². The Bertz CT molecular complexity index is 954. The van der Waals surface area contributed by atoms with Gasteiger partial charge in [-0.15, -0.1) is 10.2 Å². The van der Waals surface area contributed by atoms with Crippen LogP contribution in [-0.2, 0) is 0 Å². The van der Waals surface area contributed by atoms with Crippen LogP contribution in [0.25, 0.3) is 5.69 Å². The quantitative estimate of drug-likeness (QED) is 0.462. The van der Waals surface area contributed by atoms with Gasteiger partial charge in [-0.05, 0) is 56.7 Å². The van der Waals surface area contributed by atoms with Gasteiger partial charge in [0.1, 0.15) is 18.7 Å². The monoisotopic (exact) mass is 397 g/mol. The topological polar surface area (TPSA) is 77.2 Å². The molecular weight excluding hydrogens is 374 g/mol. The Morgan fingerprint density at radius 3 is 2.64 bits per heavy atom. The van der Waals surface area contributed by atoms with Crippen LogP contribution in [0, 0.1) is 13.8 Å². The molecule has 3 aromatic rings. The molecule has 0 aliphatic carbocycles. The fourth-order valence-corrected chi connectivity index (χ4v) is 3.59. The molecule has 1 aromatic heterocycles. The summed E-state index contributed by atoms with van der Waals surface area (Å²) >= 11 is 1.43. The number of Topliss-reactive ketones (excluding diaryl/α,β-unsaturated/α-hetero) is 1. The van der Waals surface area contributed by atoms with Crippen LogP contribution in [-0.4, -0.2) is 44.1 Å². The average Bonchev–Trinajstić information content (AvgIpc) is 3.13. The van der Waals surface area contributed by atoms with Crippen molar-refractivity contribution in [3.05, 3.63) is 65.5 Å². The van der Waals surface area contributed by atoms with Crippen molar-refractivity contribution in [1.29, 1.82) is 0 Å². The maximum Gasteiger partial charge on any atom is 0.195 e. The van der Waals surface area contributed by atoms with Crippen LogP contribution in [0.3, 0.4) is 0 Å². The summed E-state index contributed by atoms with van der Waals surface area (Å²) in [7, 11) is 0. The van der Waals surface area contributed by atoms with E-state index in [0.717, 1.165) is 16.4 Å². The summed E-state index contributed by atoms with van der Waals surface area (Å²) in [5.74, 6) is 1.05. The van der Waals surface area contributed by atoms with Gasteiger partial charge < -0.3 is 9.84 Å². The standard InChI is InChI=1S/C21H23N3O3S/c1-14-4-9-20(15(2)10-14)24-13-22-23-21(24)28-12-18(26)11-27-19-7-5-17(6-8-19)16(3)25/h4-10,13,18,26H,11-12H2,1-3H3. The molecule has 0 fully saturated rings. The van der Waals surface area contributed by atoms with E-state index in [1.54, 1.807) is 30.6 Å². The smallest absolute Gasteiger partial charge is 0.195 e. The van der Waals surface area contributed by atoms with Crippen LogP contribution in [0.5, 0.6) is 5.75 Å². The number of aryl methyl sites for hydroxylation is 2. The Morgan fingerprint density at radius 1 is 1.21 bits per heavy atom. The number of thioether (sulfide) groups is 1. The fourth-order valence-electron chi connectivity index (χ4n) is 2.76. The third kappa shape index (κ3) is 4.99. The second kappa shape index (κ2) is 9.03. The van der Waals surface area contributed by atoms with E-state index in [9.17, 15) is 9.90 Å². The van der Waals surface area contributed by atoms with Gasteiger partial charge in [0, 0.05) is 11.3 Å². The van der Waals surface area contributed by atoms with Crippen LogP contribution in [0.4, 0.5) is 0 Å². The fraction of sp³-hybridized carbons (Fsp3) is 0.286. The lowest BCUT2D eigenvalue weighted by atomic mass is 10.1. The number of aliphatic hydroxyl groups is 1. The van der Waals surface area contributed by atoms with Crippen molar-refractivity contribution < 1.29 is 14.6 Å². The minimum Gasteiger partial charge on any atom is -0.491 e. The molecule has 28 heavy (non-hydrogen) atoms. The molecule has 6 nitrogen and oxygen atoms in total. The lowest BCUT2D eigenvalue weighted by Crippen LogP contribution is -2.20. The van der Waals surface area contributed by atoms with E-state index >= 15 is 0 Å². The predicted octanol–water partition coefficient (Wildman–Crippen LogP) is 3.62. The van der Waals surface area contributed by atoms with Gasteiger partial charge in [0.05, 0.1) is 11.8 Å². The molecule has 0 aliphatic rings. The second-order valence-corrected chi connectivity index (χ2v) is 7.62. The van der Waals surface area contributed by atoms with Gasteiger partial charge in [0.25, 0.3) is 0 Å². The first-order chi connectivity index (χ1) is 13.4. The molecule has 0 amide bonds. The Balaban J connectivity index is 1.56. The molecule has 0 aliphatic heterocycles. The zero-order valence-corrected chi connectivity index (χ0v) is 16.9. The highest BCUT2D eigenvalue weighted by molar-refractivity contribution is 7.99. The molecule has 1 N–H and O–H groups in total. The molecule has 1 atom stereocenters. The van der Waals surface area contributed by atoms with E-state index in [1.165, 1.54) is 24.2 Å². The molecule has 0 saturated carbocycles. The summed E-state index contributed by atoms with van der Waals surface area (Å²) in [6.07, 6.45) is 1.01. The van der Waals surface area contributed by atoms with Crippen LogP contribution < -0.4 is 4.74 Å². The van der Waals surface area contributed by atoms with Gasteiger partial charge in [0.2, 0.25) is 0 Å². The molecular formula is C21H23N3O3S. The number of aliphatic hydroxyl groups excluding tert-OH is 1. The van der Waals surface area contributed by atoms with Crippen molar-refractivity contribution >= 4 is 17.5 Å². The van der Waals surface area contributed by atoms with E-state index in [4.69, 9.17) is 4.74 Å². The zero-order chi connectivity index (χ0) is 20.1. The van der Waals surface area contributed by atoms with Gasteiger partial charge >= 0.3 is 0 Å². The summed E-state index contributed by atoms with van der Waals surface area (Å²) in [6.45, 7) is 5.79. The SMILES string of the molecule is CC(=O)c1ccc(OCC(O)CSc2nncn2-c2ccc(C)cc2C)cc1. The van der Waals surface area contributed by atoms with Gasteiger partial charge in [0.15, 0.2) is 10.9 Å². The first-order valence-electron chi connectivity index (χ1n) is 8.96. The highest BCUT2D eigenvalue weighted by atomic mass is 32.2. The predicted molar refractivity (Wildman–Crippen MR) is 110 cm³/mol. The molecule has 3 rings (SSSR count). The van der Waals surface area contributed by atoms with Crippen LogP contribution in [0.15, 0.2) is 53.9 Å². The highest BCUT2D eigenvalue weighted by Crippen LogP contribution is 2.23. The van der Waals surface area contributed by atoms with Crippen molar-refractivity contribution in [2.45, 2.75) is 32.0 Å². The van der Waals surface area contributed by atoms with Crippen molar-refractivity contribution in [1.82, 2.24) is 14.8 Å². The van der Waals surface area contributed by atoms with Crippen LogP contribution in [0.2, 0.25) is 0 Å². The third-order valence-corrected chi connectivity index (χ3v) is 5.32. The highest BCUT2D eigenvalue weighted by Gasteiger charge is 2.13.